The van der Waals surface area contributed by atoms with Gasteiger partial charge in [-0.15, -0.1) is 0 Å². The van der Waals surface area contributed by atoms with Crippen LogP contribution in [0, 0.1) is 5.92 Å². The van der Waals surface area contributed by atoms with E-state index in [1.54, 1.807) is 28.1 Å². The normalized spacial score (nSPS) is 26.6. The third kappa shape index (κ3) is 4.83. The first-order chi connectivity index (χ1) is 15.9. The third-order valence-electron chi connectivity index (χ3n) is 7.36. The number of ether oxygens (including phenoxy) is 1. The number of amides is 3. The standard InChI is InChI=1S/C24H35N5O4/c1-4-33-22-20(8-5-10-25-22)24(32)27-11-6-7-18(15-27)29-14-13-28(16-21(29)30)23(31)19-9-12-26(3)17(19)2/h5,8,10,17-19H,4,6-7,9,11-16H2,1-3H3/t17-,18?,19-/m1/s1. The smallest absolute Gasteiger partial charge is 0.259 e. The maximum absolute atomic E-state index is 13.2. The molecule has 4 heterocycles. The van der Waals surface area contributed by atoms with Gasteiger partial charge >= 0.3 is 0 Å². The van der Waals surface area contributed by atoms with E-state index in [4.69, 9.17) is 4.74 Å². The predicted molar refractivity (Wildman–Crippen MR) is 123 cm³/mol. The van der Waals surface area contributed by atoms with Gasteiger partial charge in [0.2, 0.25) is 17.7 Å². The molecular weight excluding hydrogens is 422 g/mol. The Morgan fingerprint density at radius 2 is 1.97 bits per heavy atom. The highest BCUT2D eigenvalue weighted by molar-refractivity contribution is 5.96. The molecule has 3 aliphatic heterocycles. The van der Waals surface area contributed by atoms with Crippen molar-refractivity contribution in [2.75, 3.05) is 52.9 Å². The van der Waals surface area contributed by atoms with Crippen LogP contribution in [-0.2, 0) is 9.59 Å². The summed E-state index contributed by atoms with van der Waals surface area (Å²) >= 11 is 0. The Labute approximate surface area is 195 Å². The quantitative estimate of drug-likeness (QED) is 0.658. The maximum Gasteiger partial charge on any atom is 0.259 e. The van der Waals surface area contributed by atoms with E-state index in [0.29, 0.717) is 44.2 Å². The summed E-state index contributed by atoms with van der Waals surface area (Å²) in [6.45, 7) is 7.64. The summed E-state index contributed by atoms with van der Waals surface area (Å²) in [6, 6.07) is 3.65. The number of carbonyl (C=O) groups excluding carboxylic acids is 3. The average molecular weight is 458 g/mol. The summed E-state index contributed by atoms with van der Waals surface area (Å²) in [5.41, 5.74) is 0.456. The molecule has 0 spiro atoms. The number of piperazine rings is 1. The molecule has 3 aliphatic rings. The fraction of sp³-hybridized carbons (Fsp3) is 0.667. The van der Waals surface area contributed by atoms with Crippen molar-refractivity contribution in [1.82, 2.24) is 24.6 Å². The van der Waals surface area contributed by atoms with Crippen molar-refractivity contribution >= 4 is 17.7 Å². The van der Waals surface area contributed by atoms with Crippen LogP contribution >= 0.6 is 0 Å². The van der Waals surface area contributed by atoms with E-state index < -0.39 is 0 Å². The lowest BCUT2D eigenvalue weighted by Gasteiger charge is -2.43. The Bertz CT molecular complexity index is 893. The largest absolute Gasteiger partial charge is 0.477 e. The Kier molecular flexibility index (Phi) is 7.17. The molecule has 33 heavy (non-hydrogen) atoms. The van der Waals surface area contributed by atoms with E-state index in [1.807, 2.05) is 18.9 Å². The number of piperidine rings is 1. The first-order valence-electron chi connectivity index (χ1n) is 12.1. The molecule has 3 amide bonds. The fourth-order valence-electron chi connectivity index (χ4n) is 5.29. The van der Waals surface area contributed by atoms with Gasteiger partial charge in [0.15, 0.2) is 0 Å². The second-order valence-electron chi connectivity index (χ2n) is 9.30. The molecule has 0 radical (unpaired) electrons. The third-order valence-corrected chi connectivity index (χ3v) is 7.36. The first kappa shape index (κ1) is 23.5. The van der Waals surface area contributed by atoms with E-state index in [0.717, 1.165) is 25.8 Å². The average Bonchev–Trinajstić information content (AvgIpc) is 3.16. The van der Waals surface area contributed by atoms with E-state index in [2.05, 4.69) is 16.8 Å². The van der Waals surface area contributed by atoms with Crippen LogP contribution in [0.15, 0.2) is 18.3 Å². The molecule has 0 N–H and O–H groups in total. The molecule has 3 saturated heterocycles. The molecule has 9 heteroatoms. The predicted octanol–water partition coefficient (Wildman–Crippen LogP) is 1.10. The first-order valence-corrected chi connectivity index (χ1v) is 12.1. The van der Waals surface area contributed by atoms with Gasteiger partial charge in [0.1, 0.15) is 5.56 Å². The second kappa shape index (κ2) is 10.1. The summed E-state index contributed by atoms with van der Waals surface area (Å²) in [4.78, 5) is 51.1. The van der Waals surface area contributed by atoms with Crippen molar-refractivity contribution in [3.8, 4) is 5.88 Å². The number of nitrogens with zero attached hydrogens (tertiary/aromatic N) is 5. The number of carbonyl (C=O) groups is 3. The molecule has 180 valence electrons. The summed E-state index contributed by atoms with van der Waals surface area (Å²) in [6.07, 6.45) is 4.16. The molecule has 0 aromatic carbocycles. The molecule has 1 aromatic rings. The van der Waals surface area contributed by atoms with Crippen LogP contribution in [0.5, 0.6) is 5.88 Å². The topological polar surface area (TPSA) is 86.3 Å². The van der Waals surface area contributed by atoms with Crippen LogP contribution in [0.4, 0.5) is 0 Å². The highest BCUT2D eigenvalue weighted by Crippen LogP contribution is 2.27. The fourth-order valence-corrected chi connectivity index (χ4v) is 5.29. The lowest BCUT2D eigenvalue weighted by Crippen LogP contribution is -2.60. The van der Waals surface area contributed by atoms with Crippen LogP contribution in [0.3, 0.4) is 0 Å². The zero-order valence-corrected chi connectivity index (χ0v) is 19.9. The summed E-state index contributed by atoms with van der Waals surface area (Å²) in [7, 11) is 2.04. The minimum atomic E-state index is -0.114. The Morgan fingerprint density at radius 3 is 2.67 bits per heavy atom. The van der Waals surface area contributed by atoms with Crippen molar-refractivity contribution in [1.29, 1.82) is 0 Å². The summed E-state index contributed by atoms with van der Waals surface area (Å²) in [5.74, 6) is 0.278. The van der Waals surface area contributed by atoms with Gasteiger partial charge in [0.05, 0.1) is 19.1 Å². The summed E-state index contributed by atoms with van der Waals surface area (Å²) in [5, 5.41) is 0. The van der Waals surface area contributed by atoms with Gasteiger partial charge in [-0.25, -0.2) is 4.98 Å². The number of likely N-dealkylation sites (tertiary alicyclic amines) is 2. The number of hydrogen-bond acceptors (Lipinski definition) is 6. The molecule has 0 bridgehead atoms. The van der Waals surface area contributed by atoms with E-state index in [-0.39, 0.29) is 42.3 Å². The Balaban J connectivity index is 1.38. The zero-order chi connectivity index (χ0) is 23.5. The monoisotopic (exact) mass is 457 g/mol. The number of pyridine rings is 1. The van der Waals surface area contributed by atoms with Gasteiger partial charge in [-0.2, -0.15) is 0 Å². The molecule has 4 rings (SSSR count). The molecule has 1 aromatic heterocycles. The van der Waals surface area contributed by atoms with Crippen LogP contribution in [-0.4, -0.2) is 107 Å². The van der Waals surface area contributed by atoms with Crippen molar-refractivity contribution < 1.29 is 19.1 Å². The van der Waals surface area contributed by atoms with Gasteiger partial charge < -0.3 is 24.3 Å². The molecule has 0 saturated carbocycles. The molecule has 0 aliphatic carbocycles. The van der Waals surface area contributed by atoms with Crippen LogP contribution in [0.2, 0.25) is 0 Å². The number of aromatic nitrogens is 1. The lowest BCUT2D eigenvalue weighted by atomic mass is 9.98. The van der Waals surface area contributed by atoms with Gasteiger partial charge in [-0.3, -0.25) is 14.4 Å². The van der Waals surface area contributed by atoms with E-state index >= 15 is 0 Å². The maximum atomic E-state index is 13.2. The van der Waals surface area contributed by atoms with E-state index in [1.165, 1.54) is 0 Å². The summed E-state index contributed by atoms with van der Waals surface area (Å²) < 4.78 is 5.54. The number of rotatable bonds is 5. The molecule has 3 atom stereocenters. The lowest BCUT2D eigenvalue weighted by molar-refractivity contribution is -0.150. The minimum Gasteiger partial charge on any atom is -0.477 e. The molecule has 3 fully saturated rings. The van der Waals surface area contributed by atoms with Gasteiger partial charge in [-0.1, -0.05) is 0 Å². The highest BCUT2D eigenvalue weighted by atomic mass is 16.5. The zero-order valence-electron chi connectivity index (χ0n) is 19.9. The Morgan fingerprint density at radius 1 is 1.15 bits per heavy atom. The van der Waals surface area contributed by atoms with Crippen LogP contribution < -0.4 is 4.74 Å². The van der Waals surface area contributed by atoms with E-state index in [9.17, 15) is 14.4 Å². The minimum absolute atomic E-state index is 0.0238. The van der Waals surface area contributed by atoms with Gasteiger partial charge in [-0.05, 0) is 58.8 Å². The molecule has 1 unspecified atom stereocenters. The van der Waals surface area contributed by atoms with Crippen molar-refractivity contribution in [2.45, 2.75) is 45.2 Å². The molecular formula is C24H35N5O4. The molecule has 9 nitrogen and oxygen atoms in total. The SMILES string of the molecule is CCOc1ncccc1C(=O)N1CCCC(N2CCN(C(=O)[C@@H]3CCN(C)[C@@H]3C)CC2=O)C1. The van der Waals surface area contributed by atoms with Crippen molar-refractivity contribution in [3.63, 3.8) is 0 Å². The van der Waals surface area contributed by atoms with Gasteiger partial charge in [0, 0.05) is 44.5 Å². The number of hydrogen-bond donors (Lipinski definition) is 0. The van der Waals surface area contributed by atoms with Gasteiger partial charge in [0.25, 0.3) is 5.91 Å². The van der Waals surface area contributed by atoms with Crippen LogP contribution in [0.1, 0.15) is 43.5 Å². The Hall–Kier alpha value is -2.68. The van der Waals surface area contributed by atoms with Crippen molar-refractivity contribution in [3.05, 3.63) is 23.9 Å². The second-order valence-corrected chi connectivity index (χ2v) is 9.30. The van der Waals surface area contributed by atoms with Crippen molar-refractivity contribution in [2.24, 2.45) is 5.92 Å². The van der Waals surface area contributed by atoms with Crippen LogP contribution in [0.25, 0.3) is 0 Å². The highest BCUT2D eigenvalue weighted by Gasteiger charge is 2.40.